The van der Waals surface area contributed by atoms with Gasteiger partial charge in [-0.05, 0) is 37.6 Å². The molecule has 0 heterocycles. The molecular formula is C15H24N2OS. The Kier molecular flexibility index (Phi) is 6.95. The normalized spacial score (nSPS) is 12.2. The number of thioether (sulfide) groups is 1. The maximum atomic E-state index is 11.8. The van der Waals surface area contributed by atoms with Crippen LogP contribution in [0, 0.1) is 0 Å². The first-order valence-electron chi connectivity index (χ1n) is 6.72. The van der Waals surface area contributed by atoms with Gasteiger partial charge in [-0.3, -0.25) is 4.79 Å². The topological polar surface area (TPSA) is 32.3 Å². The van der Waals surface area contributed by atoms with Gasteiger partial charge >= 0.3 is 0 Å². The van der Waals surface area contributed by atoms with Crippen molar-refractivity contribution < 1.29 is 4.79 Å². The molecule has 0 fully saturated rings. The predicted molar refractivity (Wildman–Crippen MR) is 82.5 cm³/mol. The second kappa shape index (κ2) is 8.23. The van der Waals surface area contributed by atoms with Gasteiger partial charge in [-0.2, -0.15) is 0 Å². The highest BCUT2D eigenvalue weighted by atomic mass is 32.2. The Labute approximate surface area is 120 Å². The van der Waals surface area contributed by atoms with E-state index in [1.807, 2.05) is 6.92 Å². The first-order valence-corrected chi connectivity index (χ1v) is 7.60. The fraction of sp³-hybridized carbons (Fsp3) is 0.533. The lowest BCUT2D eigenvalue weighted by Gasteiger charge is -2.16. The molecule has 0 aliphatic heterocycles. The molecule has 1 amide bonds. The molecule has 0 spiro atoms. The van der Waals surface area contributed by atoms with Crippen molar-refractivity contribution in [2.75, 3.05) is 20.6 Å². The summed E-state index contributed by atoms with van der Waals surface area (Å²) in [6.07, 6.45) is 1.14. The molecule has 1 N–H and O–H groups in total. The van der Waals surface area contributed by atoms with Gasteiger partial charge in [0.25, 0.3) is 0 Å². The quantitative estimate of drug-likeness (QED) is 0.616. The van der Waals surface area contributed by atoms with Crippen LogP contribution in [0.1, 0.15) is 25.8 Å². The molecular weight excluding hydrogens is 256 g/mol. The molecule has 0 radical (unpaired) electrons. The third kappa shape index (κ3) is 5.66. The van der Waals surface area contributed by atoms with Gasteiger partial charge in [0.05, 0.1) is 5.25 Å². The third-order valence-corrected chi connectivity index (χ3v) is 3.84. The Morgan fingerprint density at radius 3 is 2.79 bits per heavy atom. The van der Waals surface area contributed by atoms with Crippen LogP contribution in [0.4, 0.5) is 0 Å². The second-order valence-electron chi connectivity index (χ2n) is 4.82. The number of amides is 1. The molecule has 0 bridgehead atoms. The first-order chi connectivity index (χ1) is 9.04. The molecule has 106 valence electrons. The Morgan fingerprint density at radius 1 is 1.42 bits per heavy atom. The van der Waals surface area contributed by atoms with Gasteiger partial charge in [-0.25, -0.2) is 0 Å². The number of benzene rings is 1. The van der Waals surface area contributed by atoms with Crippen LogP contribution in [0.2, 0.25) is 0 Å². The summed E-state index contributed by atoms with van der Waals surface area (Å²) in [6, 6.07) is 8.39. The van der Waals surface area contributed by atoms with E-state index >= 15 is 0 Å². The summed E-state index contributed by atoms with van der Waals surface area (Å²) < 4.78 is 0. The number of hydrogen-bond acceptors (Lipinski definition) is 3. The van der Waals surface area contributed by atoms with Crippen LogP contribution in [0.25, 0.3) is 0 Å². The van der Waals surface area contributed by atoms with Gasteiger partial charge in [0.1, 0.15) is 0 Å². The van der Waals surface area contributed by atoms with E-state index in [1.54, 1.807) is 30.8 Å². The summed E-state index contributed by atoms with van der Waals surface area (Å²) in [5, 5.41) is 3.34. The van der Waals surface area contributed by atoms with Crippen LogP contribution in [-0.4, -0.2) is 36.7 Å². The molecule has 0 aliphatic carbocycles. The van der Waals surface area contributed by atoms with Gasteiger partial charge in [-0.15, -0.1) is 11.8 Å². The van der Waals surface area contributed by atoms with Crippen molar-refractivity contribution in [2.45, 2.75) is 37.0 Å². The average molecular weight is 280 g/mol. The monoisotopic (exact) mass is 280 g/mol. The predicted octanol–water partition coefficient (Wildman–Crippen LogP) is 2.76. The van der Waals surface area contributed by atoms with E-state index in [1.165, 1.54) is 5.56 Å². The Morgan fingerprint density at radius 2 is 2.16 bits per heavy atom. The third-order valence-electron chi connectivity index (χ3n) is 2.76. The number of nitrogens with zero attached hydrogens (tertiary/aromatic N) is 1. The van der Waals surface area contributed by atoms with Gasteiger partial charge in [-0.1, -0.05) is 19.1 Å². The smallest absolute Gasteiger partial charge is 0.235 e. The van der Waals surface area contributed by atoms with Crippen molar-refractivity contribution in [1.29, 1.82) is 0 Å². The zero-order valence-corrected chi connectivity index (χ0v) is 13.1. The molecule has 1 rings (SSSR count). The molecule has 4 heteroatoms. The molecule has 3 nitrogen and oxygen atoms in total. The van der Waals surface area contributed by atoms with Crippen molar-refractivity contribution in [1.82, 2.24) is 10.2 Å². The van der Waals surface area contributed by atoms with Gasteiger partial charge in [0.2, 0.25) is 5.91 Å². The van der Waals surface area contributed by atoms with Gasteiger partial charge in [0, 0.05) is 25.5 Å². The maximum absolute atomic E-state index is 11.8. The van der Waals surface area contributed by atoms with Crippen LogP contribution in [-0.2, 0) is 11.3 Å². The zero-order valence-electron chi connectivity index (χ0n) is 12.3. The molecule has 0 aromatic heterocycles. The lowest BCUT2D eigenvalue weighted by atomic mass is 10.2. The van der Waals surface area contributed by atoms with Crippen molar-refractivity contribution >= 4 is 17.7 Å². The van der Waals surface area contributed by atoms with E-state index in [0.29, 0.717) is 0 Å². The van der Waals surface area contributed by atoms with E-state index in [2.05, 4.69) is 36.5 Å². The van der Waals surface area contributed by atoms with E-state index in [0.717, 1.165) is 24.4 Å². The summed E-state index contributed by atoms with van der Waals surface area (Å²) in [5.41, 5.74) is 1.27. The fourth-order valence-corrected chi connectivity index (χ4v) is 2.85. The molecule has 1 atom stereocenters. The highest BCUT2D eigenvalue weighted by Crippen LogP contribution is 2.24. The van der Waals surface area contributed by atoms with E-state index < -0.39 is 0 Å². The van der Waals surface area contributed by atoms with Crippen LogP contribution in [0.5, 0.6) is 0 Å². The largest absolute Gasteiger partial charge is 0.348 e. The second-order valence-corrected chi connectivity index (χ2v) is 6.23. The highest BCUT2D eigenvalue weighted by Gasteiger charge is 2.15. The number of rotatable bonds is 7. The van der Waals surface area contributed by atoms with Crippen molar-refractivity contribution in [2.24, 2.45) is 0 Å². The van der Waals surface area contributed by atoms with E-state index in [4.69, 9.17) is 0 Å². The van der Waals surface area contributed by atoms with Crippen LogP contribution >= 0.6 is 11.8 Å². The minimum absolute atomic E-state index is 0.0474. The Balaban J connectivity index is 2.59. The summed E-state index contributed by atoms with van der Waals surface area (Å²) >= 11 is 1.61. The number of carbonyl (C=O) groups excluding carboxylic acids is 1. The van der Waals surface area contributed by atoms with E-state index in [9.17, 15) is 4.79 Å². The molecule has 0 aliphatic rings. The number of carbonyl (C=O) groups is 1. The van der Waals surface area contributed by atoms with Crippen LogP contribution in [0.15, 0.2) is 29.2 Å². The molecule has 1 aromatic carbocycles. The standard InChI is InChI=1S/C15H24N2OS/c1-5-9-16-11-13-7-6-8-14(10-13)19-12(2)15(18)17(3)4/h6-8,10,12,16H,5,9,11H2,1-4H3. The average Bonchev–Trinajstić information content (AvgIpc) is 2.38. The number of nitrogens with one attached hydrogen (secondary N) is 1. The van der Waals surface area contributed by atoms with Crippen LogP contribution in [0.3, 0.4) is 0 Å². The Hall–Kier alpha value is -1.00. The van der Waals surface area contributed by atoms with Crippen molar-refractivity contribution in [3.8, 4) is 0 Å². The SMILES string of the molecule is CCCNCc1cccc(SC(C)C(=O)N(C)C)c1. The molecule has 1 unspecified atom stereocenters. The summed E-state index contributed by atoms with van der Waals surface area (Å²) in [6.45, 7) is 6.04. The fourth-order valence-electron chi connectivity index (χ4n) is 1.76. The molecule has 0 saturated heterocycles. The lowest BCUT2D eigenvalue weighted by molar-refractivity contribution is -0.127. The summed E-state index contributed by atoms with van der Waals surface area (Å²) in [7, 11) is 3.59. The first kappa shape index (κ1) is 16.1. The number of hydrogen-bond donors (Lipinski definition) is 1. The summed E-state index contributed by atoms with van der Waals surface area (Å²) in [5.74, 6) is 0.152. The Bertz CT molecular complexity index is 407. The minimum Gasteiger partial charge on any atom is -0.348 e. The van der Waals surface area contributed by atoms with Crippen LogP contribution < -0.4 is 5.32 Å². The van der Waals surface area contributed by atoms with E-state index in [-0.39, 0.29) is 11.2 Å². The zero-order chi connectivity index (χ0) is 14.3. The maximum Gasteiger partial charge on any atom is 0.235 e. The minimum atomic E-state index is -0.0474. The van der Waals surface area contributed by atoms with Gasteiger partial charge < -0.3 is 10.2 Å². The molecule has 1 aromatic rings. The molecule has 19 heavy (non-hydrogen) atoms. The van der Waals surface area contributed by atoms with Crippen molar-refractivity contribution in [3.05, 3.63) is 29.8 Å². The van der Waals surface area contributed by atoms with Crippen molar-refractivity contribution in [3.63, 3.8) is 0 Å². The summed E-state index contributed by atoms with van der Waals surface area (Å²) in [4.78, 5) is 14.6. The highest BCUT2D eigenvalue weighted by molar-refractivity contribution is 8.00. The van der Waals surface area contributed by atoms with Gasteiger partial charge in [0.15, 0.2) is 0 Å². The molecule has 0 saturated carbocycles. The lowest BCUT2D eigenvalue weighted by Crippen LogP contribution is -2.29.